The van der Waals surface area contributed by atoms with Gasteiger partial charge in [-0.25, -0.2) is 4.79 Å². The molecule has 6 heteroatoms. The maximum Gasteiger partial charge on any atom is 0.407 e. The third-order valence-corrected chi connectivity index (χ3v) is 6.90. The van der Waals surface area contributed by atoms with Crippen LogP contribution in [-0.4, -0.2) is 42.1 Å². The van der Waals surface area contributed by atoms with Crippen molar-refractivity contribution in [2.45, 2.75) is 37.3 Å². The van der Waals surface area contributed by atoms with Crippen molar-refractivity contribution in [3.05, 3.63) is 95.6 Å². The molecule has 1 N–H and O–H groups in total. The molecule has 1 saturated heterocycles. The number of fused-ring (bicyclic) bond motifs is 3. The Balaban J connectivity index is 1.30. The zero-order chi connectivity index (χ0) is 24.2. The van der Waals surface area contributed by atoms with Crippen LogP contribution in [-0.2, 0) is 16.0 Å². The minimum atomic E-state index is -0.804. The van der Waals surface area contributed by atoms with E-state index in [1.807, 2.05) is 54.6 Å². The van der Waals surface area contributed by atoms with Crippen LogP contribution in [0.1, 0.15) is 35.4 Å². The van der Waals surface area contributed by atoms with Crippen molar-refractivity contribution in [3.8, 4) is 17.2 Å². The maximum absolute atomic E-state index is 13.3. The largest absolute Gasteiger partial charge is 0.449 e. The summed E-state index contributed by atoms with van der Waals surface area (Å²) < 4.78 is 5.69. The molecule has 1 heterocycles. The molecule has 2 atom stereocenters. The van der Waals surface area contributed by atoms with Crippen molar-refractivity contribution < 1.29 is 14.3 Å². The Hall–Kier alpha value is -4.11. The number of hydrogen-bond acceptors (Lipinski definition) is 4. The van der Waals surface area contributed by atoms with E-state index in [2.05, 4.69) is 35.7 Å². The van der Waals surface area contributed by atoms with Crippen LogP contribution in [0.2, 0.25) is 0 Å². The molecular weight excluding hydrogens is 438 g/mol. The summed E-state index contributed by atoms with van der Waals surface area (Å²) in [6.07, 6.45) is 1.14. The molecule has 2 aliphatic rings. The molecule has 5 rings (SSSR count). The van der Waals surface area contributed by atoms with Crippen LogP contribution >= 0.6 is 0 Å². The summed E-state index contributed by atoms with van der Waals surface area (Å²) in [5.74, 6) is -0.301. The number of amides is 2. The van der Waals surface area contributed by atoms with Crippen LogP contribution in [0.4, 0.5) is 4.79 Å². The van der Waals surface area contributed by atoms with Crippen molar-refractivity contribution in [2.75, 3.05) is 13.2 Å². The molecule has 0 bridgehead atoms. The molecule has 1 aliphatic carbocycles. The van der Waals surface area contributed by atoms with Crippen LogP contribution < -0.4 is 5.32 Å². The number of carbonyl (C=O) groups is 2. The topological polar surface area (TPSA) is 82.4 Å². The monoisotopic (exact) mass is 465 g/mol. The zero-order valence-electron chi connectivity index (χ0n) is 19.4. The highest BCUT2D eigenvalue weighted by molar-refractivity contribution is 5.87. The molecule has 35 heavy (non-hydrogen) atoms. The molecular formula is C29H27N3O3. The molecule has 2 unspecified atom stereocenters. The van der Waals surface area contributed by atoms with Gasteiger partial charge in [-0.1, -0.05) is 78.9 Å². The highest BCUT2D eigenvalue weighted by Gasteiger charge is 2.35. The summed E-state index contributed by atoms with van der Waals surface area (Å²) in [6, 6.07) is 26.8. The van der Waals surface area contributed by atoms with E-state index in [4.69, 9.17) is 4.74 Å². The first-order valence-electron chi connectivity index (χ1n) is 12.0. The summed E-state index contributed by atoms with van der Waals surface area (Å²) in [6.45, 7) is 0.700. The molecule has 6 nitrogen and oxygen atoms in total. The highest BCUT2D eigenvalue weighted by atomic mass is 16.5. The SMILES string of the molecule is N#CC1CCCN1C(=O)C(Cc1ccccc1)NC(=O)OCC1c2ccccc2-c2ccccc21. The van der Waals surface area contributed by atoms with Gasteiger partial charge in [-0.05, 0) is 40.7 Å². The molecule has 176 valence electrons. The first-order chi connectivity index (χ1) is 17.2. The maximum atomic E-state index is 13.3. The summed E-state index contributed by atoms with van der Waals surface area (Å²) in [5.41, 5.74) is 5.51. The Morgan fingerprint density at radius 1 is 0.971 bits per heavy atom. The van der Waals surface area contributed by atoms with E-state index < -0.39 is 18.2 Å². The predicted octanol–water partition coefficient (Wildman–Crippen LogP) is 4.65. The number of alkyl carbamates (subject to hydrolysis) is 1. The van der Waals surface area contributed by atoms with Crippen LogP contribution in [0.15, 0.2) is 78.9 Å². The zero-order valence-corrected chi connectivity index (χ0v) is 19.4. The lowest BCUT2D eigenvalue weighted by atomic mass is 9.98. The van der Waals surface area contributed by atoms with E-state index in [9.17, 15) is 14.9 Å². The number of benzene rings is 3. The van der Waals surface area contributed by atoms with Crippen LogP contribution in [0, 0.1) is 11.3 Å². The van der Waals surface area contributed by atoms with Crippen molar-refractivity contribution in [2.24, 2.45) is 0 Å². The first kappa shape index (κ1) is 22.7. The Labute approximate surface area is 205 Å². The third kappa shape index (κ3) is 4.63. The van der Waals surface area contributed by atoms with Gasteiger partial charge in [0.25, 0.3) is 0 Å². The second-order valence-electron chi connectivity index (χ2n) is 9.03. The standard InChI is InChI=1S/C29H27N3O3/c30-18-21-11-8-16-32(21)28(33)27(17-20-9-2-1-3-10-20)31-29(34)35-19-26-24-14-6-4-12-22(24)23-13-5-7-15-25(23)26/h1-7,9-10,12-15,21,26-27H,8,11,16-17,19H2,(H,31,34). The van der Waals surface area contributed by atoms with Gasteiger partial charge in [0.05, 0.1) is 6.07 Å². The smallest absolute Gasteiger partial charge is 0.407 e. The van der Waals surface area contributed by atoms with E-state index in [-0.39, 0.29) is 18.4 Å². The van der Waals surface area contributed by atoms with Gasteiger partial charge in [0.1, 0.15) is 18.7 Å². The number of rotatable bonds is 6. The number of ether oxygens (including phenoxy) is 1. The second kappa shape index (κ2) is 10.0. The Bertz CT molecular complexity index is 1220. The van der Waals surface area contributed by atoms with Gasteiger partial charge in [0.2, 0.25) is 5.91 Å². The number of hydrogen-bond donors (Lipinski definition) is 1. The van der Waals surface area contributed by atoms with Crippen molar-refractivity contribution in [1.29, 1.82) is 5.26 Å². The van der Waals surface area contributed by atoms with Crippen molar-refractivity contribution >= 4 is 12.0 Å². The quantitative estimate of drug-likeness (QED) is 0.574. The predicted molar refractivity (Wildman–Crippen MR) is 132 cm³/mol. The van der Waals surface area contributed by atoms with Gasteiger partial charge in [0.15, 0.2) is 0 Å². The number of likely N-dealkylation sites (tertiary alicyclic amines) is 1. The molecule has 1 fully saturated rings. The lowest BCUT2D eigenvalue weighted by Crippen LogP contribution is -2.51. The number of carbonyl (C=O) groups excluding carboxylic acids is 2. The highest BCUT2D eigenvalue weighted by Crippen LogP contribution is 2.44. The Morgan fingerprint density at radius 2 is 1.60 bits per heavy atom. The summed E-state index contributed by atoms with van der Waals surface area (Å²) in [4.78, 5) is 27.9. The van der Waals surface area contributed by atoms with E-state index >= 15 is 0 Å². The minimum absolute atomic E-state index is 0.0574. The molecule has 0 saturated carbocycles. The molecule has 1 aliphatic heterocycles. The normalized spacial score (nSPS) is 17.2. The fraction of sp³-hybridized carbons (Fsp3) is 0.276. The average molecular weight is 466 g/mol. The van der Waals surface area contributed by atoms with E-state index in [0.29, 0.717) is 19.4 Å². The summed E-state index contributed by atoms with van der Waals surface area (Å²) in [5, 5.41) is 12.2. The Morgan fingerprint density at radius 3 is 2.26 bits per heavy atom. The molecule has 2 amide bonds. The lowest BCUT2D eigenvalue weighted by Gasteiger charge is -2.26. The molecule has 3 aromatic carbocycles. The number of nitrogens with one attached hydrogen (secondary N) is 1. The fourth-order valence-electron chi connectivity index (χ4n) is 5.20. The molecule has 3 aromatic rings. The molecule has 0 radical (unpaired) electrons. The van der Waals surface area contributed by atoms with E-state index in [1.54, 1.807) is 4.90 Å². The van der Waals surface area contributed by atoms with Gasteiger partial charge in [-0.2, -0.15) is 5.26 Å². The fourth-order valence-corrected chi connectivity index (χ4v) is 5.20. The van der Waals surface area contributed by atoms with E-state index in [0.717, 1.165) is 34.2 Å². The van der Waals surface area contributed by atoms with Gasteiger partial charge >= 0.3 is 6.09 Å². The minimum Gasteiger partial charge on any atom is -0.449 e. The van der Waals surface area contributed by atoms with Gasteiger partial charge in [-0.15, -0.1) is 0 Å². The van der Waals surface area contributed by atoms with Gasteiger partial charge in [0, 0.05) is 18.9 Å². The van der Waals surface area contributed by atoms with Crippen LogP contribution in [0.5, 0.6) is 0 Å². The number of nitriles is 1. The van der Waals surface area contributed by atoms with Crippen molar-refractivity contribution in [1.82, 2.24) is 10.2 Å². The summed E-state index contributed by atoms with van der Waals surface area (Å²) in [7, 11) is 0. The van der Waals surface area contributed by atoms with Crippen molar-refractivity contribution in [3.63, 3.8) is 0 Å². The van der Waals surface area contributed by atoms with Gasteiger partial charge in [-0.3, -0.25) is 4.79 Å². The number of nitrogens with zero attached hydrogens (tertiary/aromatic N) is 2. The van der Waals surface area contributed by atoms with Crippen LogP contribution in [0.25, 0.3) is 11.1 Å². The van der Waals surface area contributed by atoms with E-state index in [1.165, 1.54) is 0 Å². The first-order valence-corrected chi connectivity index (χ1v) is 12.0. The summed E-state index contributed by atoms with van der Waals surface area (Å²) >= 11 is 0. The van der Waals surface area contributed by atoms with Gasteiger partial charge < -0.3 is 15.0 Å². The Kier molecular flexibility index (Phi) is 6.49. The lowest BCUT2D eigenvalue weighted by molar-refractivity contribution is -0.133. The third-order valence-electron chi connectivity index (χ3n) is 6.90. The molecule has 0 spiro atoms. The molecule has 0 aromatic heterocycles. The second-order valence-corrected chi connectivity index (χ2v) is 9.03. The average Bonchev–Trinajstić information content (AvgIpc) is 3.50. The van der Waals surface area contributed by atoms with Crippen LogP contribution in [0.3, 0.4) is 0 Å².